The summed E-state index contributed by atoms with van der Waals surface area (Å²) in [4.78, 5) is -0.109. The predicted molar refractivity (Wildman–Crippen MR) is 108 cm³/mol. The Morgan fingerprint density at radius 3 is 1.42 bits per heavy atom. The smallest absolute Gasteiger partial charge is 0.0740 e. The van der Waals surface area contributed by atoms with E-state index in [0.29, 0.717) is 23.7 Å². The molecule has 0 N–H and O–H groups in total. The molecule has 0 radical (unpaired) electrons. The minimum atomic E-state index is -0.109. The van der Waals surface area contributed by atoms with Gasteiger partial charge in [0, 0.05) is 23.7 Å². The average molecular weight is 447 g/mol. The van der Waals surface area contributed by atoms with E-state index in [4.69, 9.17) is 11.6 Å². The van der Waals surface area contributed by atoms with Gasteiger partial charge in [-0.15, -0.1) is 11.6 Å². The van der Waals surface area contributed by atoms with Crippen molar-refractivity contribution in [3.05, 3.63) is 70.8 Å². The molecule has 0 aromatic heterocycles. The molecule has 4 unspecified atom stereocenters. The minimum Gasteiger partial charge on any atom is -0.116 e. The average Bonchev–Trinajstić information content (AvgIpc) is 3.30. The second-order valence-electron chi connectivity index (χ2n) is 8.16. The zero-order valence-electron chi connectivity index (χ0n) is 13.5. The lowest BCUT2D eigenvalue weighted by atomic mass is 9.74. The van der Waals surface area contributed by atoms with Gasteiger partial charge in [0.2, 0.25) is 0 Å². The van der Waals surface area contributed by atoms with E-state index in [1.54, 1.807) is 22.3 Å². The van der Waals surface area contributed by atoms with Crippen LogP contribution < -0.4 is 0 Å². The van der Waals surface area contributed by atoms with Crippen LogP contribution in [0, 0.1) is 0 Å². The van der Waals surface area contributed by atoms with Crippen LogP contribution in [0.5, 0.6) is 0 Å². The van der Waals surface area contributed by atoms with Crippen LogP contribution in [0.25, 0.3) is 0 Å². The van der Waals surface area contributed by atoms with Crippen LogP contribution in [0.1, 0.15) is 71.6 Å². The molecule has 0 aliphatic heterocycles. The van der Waals surface area contributed by atoms with Gasteiger partial charge in [-0.05, 0) is 47.9 Å². The van der Waals surface area contributed by atoms with Crippen molar-refractivity contribution in [2.75, 3.05) is 0 Å². The third kappa shape index (κ3) is 1.39. The van der Waals surface area contributed by atoms with Gasteiger partial charge in [-0.3, -0.25) is 0 Å². The van der Waals surface area contributed by atoms with E-state index >= 15 is 0 Å². The molecule has 2 fully saturated rings. The zero-order valence-corrected chi connectivity index (χ0v) is 16.4. The first-order valence-corrected chi connectivity index (χ1v) is 10.7. The maximum atomic E-state index is 7.76. The van der Waals surface area contributed by atoms with Gasteiger partial charge in [0.25, 0.3) is 0 Å². The molecule has 4 atom stereocenters. The quantitative estimate of drug-likeness (QED) is 0.347. The Hall–Kier alpha value is -0.540. The monoisotopic (exact) mass is 446 g/mol. The Bertz CT molecular complexity index is 723. The van der Waals surface area contributed by atoms with Crippen LogP contribution in [-0.4, -0.2) is 8.30 Å². The first-order chi connectivity index (χ1) is 11.7. The number of halogens is 2. The van der Waals surface area contributed by atoms with E-state index in [1.165, 1.54) is 25.7 Å². The van der Waals surface area contributed by atoms with Crippen LogP contribution in [0.3, 0.4) is 0 Å². The lowest BCUT2D eigenvalue weighted by Crippen LogP contribution is -2.50. The molecule has 122 valence electrons. The largest absolute Gasteiger partial charge is 0.116 e. The third-order valence-electron chi connectivity index (χ3n) is 7.60. The number of hydrogen-bond donors (Lipinski definition) is 0. The summed E-state index contributed by atoms with van der Waals surface area (Å²) in [5, 5.41) is 0. The Morgan fingerprint density at radius 2 is 1.00 bits per heavy atom. The zero-order chi connectivity index (χ0) is 16.1. The van der Waals surface area contributed by atoms with Crippen molar-refractivity contribution in [3.63, 3.8) is 0 Å². The Labute approximate surface area is 162 Å². The van der Waals surface area contributed by atoms with Gasteiger partial charge in [0.15, 0.2) is 0 Å². The van der Waals surface area contributed by atoms with E-state index in [-0.39, 0.29) is 8.30 Å². The van der Waals surface area contributed by atoms with Crippen LogP contribution in [-0.2, 0) is 0 Å². The van der Waals surface area contributed by atoms with Crippen molar-refractivity contribution in [1.29, 1.82) is 0 Å². The molecule has 4 aliphatic carbocycles. The van der Waals surface area contributed by atoms with Crippen molar-refractivity contribution < 1.29 is 0 Å². The third-order valence-corrected chi connectivity index (χ3v) is 11.2. The maximum Gasteiger partial charge on any atom is 0.0740 e. The van der Waals surface area contributed by atoms with Gasteiger partial charge >= 0.3 is 0 Å². The molecule has 0 amide bonds. The van der Waals surface area contributed by atoms with Gasteiger partial charge in [0.1, 0.15) is 0 Å². The molecule has 4 aliphatic rings. The summed E-state index contributed by atoms with van der Waals surface area (Å²) in [5.74, 6) is 2.34. The molecule has 6 rings (SSSR count). The Kier molecular flexibility index (Phi) is 2.80. The van der Waals surface area contributed by atoms with Gasteiger partial charge < -0.3 is 0 Å². The van der Waals surface area contributed by atoms with Crippen molar-refractivity contribution in [3.8, 4) is 0 Å². The fraction of sp³-hybridized carbons (Fsp3) is 0.455. The topological polar surface area (TPSA) is 0 Å². The second kappa shape index (κ2) is 4.59. The normalized spacial score (nSPS) is 43.9. The molecule has 2 heteroatoms. The summed E-state index contributed by atoms with van der Waals surface area (Å²) in [6.07, 6.45) is 5.17. The predicted octanol–water partition coefficient (Wildman–Crippen LogP) is 6.49. The minimum absolute atomic E-state index is 0.109. The molecule has 2 aromatic carbocycles. The molecule has 2 saturated carbocycles. The van der Waals surface area contributed by atoms with Crippen LogP contribution in [0.2, 0.25) is 0 Å². The van der Waals surface area contributed by atoms with Crippen molar-refractivity contribution in [2.45, 2.75) is 57.7 Å². The SMILES string of the molecule is ClC1(C2(I)C3CCC2c2ccccc23)C2CCC1c1ccccc12. The summed E-state index contributed by atoms with van der Waals surface area (Å²) in [6.45, 7) is 0. The lowest BCUT2D eigenvalue weighted by molar-refractivity contribution is 0.371. The van der Waals surface area contributed by atoms with E-state index < -0.39 is 0 Å². The molecule has 2 aromatic rings. The molecule has 0 spiro atoms. The van der Waals surface area contributed by atoms with Gasteiger partial charge in [-0.1, -0.05) is 71.1 Å². The van der Waals surface area contributed by atoms with Crippen molar-refractivity contribution >= 4 is 34.2 Å². The fourth-order valence-corrected chi connectivity index (χ4v) is 9.64. The Morgan fingerprint density at radius 1 is 0.667 bits per heavy atom. The van der Waals surface area contributed by atoms with Crippen molar-refractivity contribution in [1.82, 2.24) is 0 Å². The number of fused-ring (bicyclic) bond motifs is 11. The van der Waals surface area contributed by atoms with E-state index in [9.17, 15) is 0 Å². The van der Waals surface area contributed by atoms with Crippen LogP contribution >= 0.6 is 34.2 Å². The molecule has 0 nitrogen and oxygen atoms in total. The molecule has 0 saturated heterocycles. The highest BCUT2D eigenvalue weighted by molar-refractivity contribution is 14.1. The second-order valence-corrected chi connectivity index (χ2v) is 10.6. The van der Waals surface area contributed by atoms with Crippen LogP contribution in [0.4, 0.5) is 0 Å². The summed E-state index contributed by atoms with van der Waals surface area (Å²) < 4.78 is 0.168. The molecular formula is C22H20ClI. The highest BCUT2D eigenvalue weighted by atomic mass is 127. The van der Waals surface area contributed by atoms with Crippen LogP contribution in [0.15, 0.2) is 48.5 Å². The van der Waals surface area contributed by atoms with E-state index in [2.05, 4.69) is 71.1 Å². The van der Waals surface area contributed by atoms with Gasteiger partial charge in [0.05, 0.1) is 8.30 Å². The van der Waals surface area contributed by atoms with Crippen molar-refractivity contribution in [2.24, 2.45) is 0 Å². The molecule has 0 heterocycles. The maximum absolute atomic E-state index is 7.76. The Balaban J connectivity index is 1.57. The summed E-state index contributed by atoms with van der Waals surface area (Å²) >= 11 is 10.6. The lowest BCUT2D eigenvalue weighted by Gasteiger charge is -2.45. The highest BCUT2D eigenvalue weighted by Gasteiger charge is 2.73. The van der Waals surface area contributed by atoms with E-state index in [0.717, 1.165) is 0 Å². The van der Waals surface area contributed by atoms with E-state index in [1.807, 2.05) is 0 Å². The summed E-state index contributed by atoms with van der Waals surface area (Å²) in [6, 6.07) is 18.3. The van der Waals surface area contributed by atoms with Gasteiger partial charge in [-0.25, -0.2) is 0 Å². The fourth-order valence-electron chi connectivity index (χ4n) is 6.88. The number of alkyl halides is 2. The summed E-state index contributed by atoms with van der Waals surface area (Å²) in [5.41, 5.74) is 6.29. The number of hydrogen-bond acceptors (Lipinski definition) is 0. The first-order valence-electron chi connectivity index (χ1n) is 9.23. The number of rotatable bonds is 1. The summed E-state index contributed by atoms with van der Waals surface area (Å²) in [7, 11) is 0. The molecule has 24 heavy (non-hydrogen) atoms. The molecule has 4 bridgehead atoms. The van der Waals surface area contributed by atoms with Gasteiger partial charge in [-0.2, -0.15) is 0 Å². The first kappa shape index (κ1) is 14.6. The molecular weight excluding hydrogens is 427 g/mol. The standard InChI is InChI=1S/C22H20ClI/c23-21(17-9-10-18(21)14-6-2-1-5-13(14)17)22(24)19-11-12-20(22)16-8-4-3-7-15(16)19/h1-8,17-20H,9-12H2. The highest BCUT2D eigenvalue weighted by Crippen LogP contribution is 2.78. The number of benzene rings is 2.